The molecule has 0 atom stereocenters. The van der Waals surface area contributed by atoms with Crippen molar-refractivity contribution in [2.75, 3.05) is 19.3 Å². The summed E-state index contributed by atoms with van der Waals surface area (Å²) in [5.41, 5.74) is 0. The van der Waals surface area contributed by atoms with E-state index in [-0.39, 0.29) is 0 Å². The molecule has 0 saturated carbocycles. The average molecular weight is 235 g/mol. The Morgan fingerprint density at radius 3 is 2.29 bits per heavy atom. The lowest BCUT2D eigenvalue weighted by atomic mass is 9.99. The molecule has 0 aromatic carbocycles. The molecule has 0 spiro atoms. The van der Waals surface area contributed by atoms with E-state index in [0.29, 0.717) is 25.9 Å². The molecule has 1 aliphatic rings. The first kappa shape index (κ1) is 11.8. The Hall–Kier alpha value is -0.290. The van der Waals surface area contributed by atoms with Crippen molar-refractivity contribution < 1.29 is 8.42 Å². The van der Waals surface area contributed by atoms with Crippen LogP contribution in [0.25, 0.3) is 0 Å². The normalized spacial score (nSPS) is 22.9. The Labute approximate surface area is 88.4 Å². The van der Waals surface area contributed by atoms with Crippen LogP contribution in [-0.4, -0.2) is 36.8 Å². The molecule has 0 bridgehead atoms. The van der Waals surface area contributed by atoms with Crippen LogP contribution in [0.3, 0.4) is 0 Å². The minimum absolute atomic E-state index is 0.341. The van der Waals surface area contributed by atoms with Gasteiger partial charge in [-0.05, 0) is 19.1 Å². The number of nitrogens with zero attached hydrogens (tertiary/aromatic N) is 2. The molecule has 1 saturated heterocycles. The third kappa shape index (κ3) is 2.39. The highest BCUT2D eigenvalue weighted by atomic mass is 32.2. The van der Waals surface area contributed by atoms with Crippen molar-refractivity contribution in [3.05, 3.63) is 0 Å². The standard InChI is InChI=1S/C7H13N3O2S2/c1-13-7(6-8)2-4-10(5-3-7)14(9,11)12/h2-5H2,1H3,(H2,9,11,12). The van der Waals surface area contributed by atoms with Gasteiger partial charge >= 0.3 is 0 Å². The van der Waals surface area contributed by atoms with E-state index in [2.05, 4.69) is 6.07 Å². The van der Waals surface area contributed by atoms with Gasteiger partial charge in [-0.25, -0.2) is 5.14 Å². The number of rotatable bonds is 2. The molecule has 0 radical (unpaired) electrons. The smallest absolute Gasteiger partial charge is 0.216 e. The predicted molar refractivity (Wildman–Crippen MR) is 55.8 cm³/mol. The maximum atomic E-state index is 11.0. The van der Waals surface area contributed by atoms with Crippen LogP contribution in [0.2, 0.25) is 0 Å². The third-order valence-electron chi connectivity index (χ3n) is 2.48. The Bertz CT molecular complexity index is 338. The molecule has 0 aromatic rings. The maximum Gasteiger partial charge on any atom is 0.276 e. The molecule has 1 heterocycles. The van der Waals surface area contributed by atoms with Gasteiger partial charge in [0.1, 0.15) is 4.75 Å². The van der Waals surface area contributed by atoms with Crippen molar-refractivity contribution in [3.63, 3.8) is 0 Å². The van der Waals surface area contributed by atoms with Gasteiger partial charge in [0.2, 0.25) is 0 Å². The Kier molecular flexibility index (Phi) is 3.42. The molecule has 0 unspecified atom stereocenters. The van der Waals surface area contributed by atoms with Crippen LogP contribution in [0, 0.1) is 11.3 Å². The van der Waals surface area contributed by atoms with Crippen LogP contribution in [-0.2, 0) is 10.2 Å². The summed E-state index contributed by atoms with van der Waals surface area (Å²) in [6, 6.07) is 2.24. The van der Waals surface area contributed by atoms with E-state index >= 15 is 0 Å². The van der Waals surface area contributed by atoms with Gasteiger partial charge in [-0.1, -0.05) is 0 Å². The molecule has 0 amide bonds. The summed E-state index contributed by atoms with van der Waals surface area (Å²) < 4.78 is 22.8. The second-order valence-electron chi connectivity index (χ2n) is 3.25. The van der Waals surface area contributed by atoms with Gasteiger partial charge < -0.3 is 0 Å². The Morgan fingerprint density at radius 2 is 2.00 bits per heavy atom. The topological polar surface area (TPSA) is 87.2 Å². The zero-order valence-electron chi connectivity index (χ0n) is 7.93. The highest BCUT2D eigenvalue weighted by molar-refractivity contribution is 8.00. The minimum atomic E-state index is -3.58. The fraction of sp³-hybridized carbons (Fsp3) is 0.857. The molecular weight excluding hydrogens is 222 g/mol. The van der Waals surface area contributed by atoms with Crippen LogP contribution in [0.1, 0.15) is 12.8 Å². The average Bonchev–Trinajstić information content (AvgIpc) is 2.16. The molecular formula is C7H13N3O2S2. The van der Waals surface area contributed by atoms with Crippen molar-refractivity contribution in [1.29, 1.82) is 5.26 Å². The fourth-order valence-corrected chi connectivity index (χ4v) is 2.84. The van der Waals surface area contributed by atoms with E-state index < -0.39 is 15.0 Å². The van der Waals surface area contributed by atoms with Gasteiger partial charge in [0, 0.05) is 13.1 Å². The van der Waals surface area contributed by atoms with E-state index in [9.17, 15) is 8.42 Å². The summed E-state index contributed by atoms with van der Waals surface area (Å²) in [5.74, 6) is 0. The first-order valence-corrected chi connectivity index (χ1v) is 6.91. The Morgan fingerprint density at radius 1 is 1.50 bits per heavy atom. The first-order valence-electron chi connectivity index (χ1n) is 4.18. The molecule has 14 heavy (non-hydrogen) atoms. The number of thioether (sulfide) groups is 1. The second-order valence-corrected chi connectivity index (χ2v) is 5.99. The van der Waals surface area contributed by atoms with Crippen LogP contribution in [0.15, 0.2) is 0 Å². The minimum Gasteiger partial charge on any atom is -0.216 e. The Balaban J connectivity index is 2.68. The third-order valence-corrected chi connectivity index (χ3v) is 4.85. The van der Waals surface area contributed by atoms with E-state index in [1.54, 1.807) is 0 Å². The highest BCUT2D eigenvalue weighted by Gasteiger charge is 2.36. The summed E-state index contributed by atoms with van der Waals surface area (Å²) in [6.45, 7) is 0.681. The molecule has 0 aliphatic carbocycles. The van der Waals surface area contributed by atoms with Gasteiger partial charge in [-0.15, -0.1) is 11.8 Å². The molecule has 2 N–H and O–H groups in total. The largest absolute Gasteiger partial charge is 0.276 e. The summed E-state index contributed by atoms with van der Waals surface area (Å²) in [6.07, 6.45) is 2.96. The summed E-state index contributed by atoms with van der Waals surface area (Å²) >= 11 is 1.48. The maximum absolute atomic E-state index is 11.0. The number of hydrogen-bond acceptors (Lipinski definition) is 4. The van der Waals surface area contributed by atoms with Crippen LogP contribution < -0.4 is 5.14 Å². The van der Waals surface area contributed by atoms with Crippen LogP contribution in [0.4, 0.5) is 0 Å². The molecule has 0 aromatic heterocycles. The zero-order valence-corrected chi connectivity index (χ0v) is 9.57. The van der Waals surface area contributed by atoms with Crippen LogP contribution >= 0.6 is 11.8 Å². The monoisotopic (exact) mass is 235 g/mol. The van der Waals surface area contributed by atoms with Gasteiger partial charge in [-0.3, -0.25) is 0 Å². The van der Waals surface area contributed by atoms with Crippen molar-refractivity contribution in [1.82, 2.24) is 4.31 Å². The molecule has 5 nitrogen and oxygen atoms in total. The number of hydrogen-bond donors (Lipinski definition) is 1. The number of piperidine rings is 1. The van der Waals surface area contributed by atoms with Crippen molar-refractivity contribution in [2.45, 2.75) is 17.6 Å². The first-order chi connectivity index (χ1) is 6.43. The van der Waals surface area contributed by atoms with Gasteiger partial charge in [-0.2, -0.15) is 18.0 Å². The molecule has 1 rings (SSSR count). The lowest BCUT2D eigenvalue weighted by Crippen LogP contribution is -2.46. The fourth-order valence-electron chi connectivity index (χ4n) is 1.46. The number of nitrogens with two attached hydrogens (primary N) is 1. The summed E-state index contributed by atoms with van der Waals surface area (Å²) in [7, 11) is -3.58. The van der Waals surface area contributed by atoms with Crippen molar-refractivity contribution in [2.24, 2.45) is 5.14 Å². The lowest BCUT2D eigenvalue weighted by molar-refractivity contribution is 0.327. The van der Waals surface area contributed by atoms with E-state index in [1.165, 1.54) is 16.1 Å². The van der Waals surface area contributed by atoms with Gasteiger partial charge in [0.15, 0.2) is 0 Å². The second kappa shape index (κ2) is 4.06. The SMILES string of the molecule is CSC1(C#N)CCN(S(N)(=O)=O)CC1. The quantitative estimate of drug-likeness (QED) is 0.724. The van der Waals surface area contributed by atoms with Crippen molar-refractivity contribution >= 4 is 22.0 Å². The van der Waals surface area contributed by atoms with E-state index in [0.717, 1.165) is 0 Å². The molecule has 80 valence electrons. The van der Waals surface area contributed by atoms with E-state index in [1.807, 2.05) is 6.26 Å². The van der Waals surface area contributed by atoms with E-state index in [4.69, 9.17) is 10.4 Å². The lowest BCUT2D eigenvalue weighted by Gasteiger charge is -2.34. The van der Waals surface area contributed by atoms with Crippen LogP contribution in [0.5, 0.6) is 0 Å². The molecule has 1 fully saturated rings. The summed E-state index contributed by atoms with van der Waals surface area (Å²) in [4.78, 5) is 0. The number of nitriles is 1. The summed E-state index contributed by atoms with van der Waals surface area (Å²) in [5, 5.41) is 14.0. The van der Waals surface area contributed by atoms with Gasteiger partial charge in [0.05, 0.1) is 6.07 Å². The van der Waals surface area contributed by atoms with Gasteiger partial charge in [0.25, 0.3) is 10.2 Å². The molecule has 1 aliphatic heterocycles. The predicted octanol–water partition coefficient (Wildman–Crippen LogP) is -0.0889. The zero-order chi connectivity index (χ0) is 10.8. The highest BCUT2D eigenvalue weighted by Crippen LogP contribution is 2.33. The molecule has 7 heteroatoms. The van der Waals surface area contributed by atoms with Crippen molar-refractivity contribution in [3.8, 4) is 6.07 Å².